The molecular weight excluding hydrogens is 330 g/mol. The number of fused-ring (bicyclic) bond motifs is 1. The van der Waals surface area contributed by atoms with Gasteiger partial charge in [0, 0.05) is 11.1 Å². The van der Waals surface area contributed by atoms with Crippen molar-refractivity contribution in [3.8, 4) is 11.5 Å². The summed E-state index contributed by atoms with van der Waals surface area (Å²) in [5.74, 6) is -0.415. The van der Waals surface area contributed by atoms with Crippen molar-refractivity contribution in [1.82, 2.24) is 0 Å². The molecule has 0 saturated heterocycles. The number of Topliss-reactive ketones (excluding diaryl/α,β-unsaturated/α-hetero) is 1. The molecule has 0 spiro atoms. The van der Waals surface area contributed by atoms with Crippen LogP contribution in [-0.2, 0) is 4.74 Å². The van der Waals surface area contributed by atoms with Crippen molar-refractivity contribution < 1.29 is 28.7 Å². The SMILES string of the molecule is Cc1cccc(C(=O)OCC(=O)c2ccc3c(c2)OCO3)c1[N+](=O)[O-]. The number of nitrogens with zero attached hydrogens (tertiary/aromatic N) is 1. The predicted molar refractivity (Wildman–Crippen MR) is 85.0 cm³/mol. The summed E-state index contributed by atoms with van der Waals surface area (Å²) in [6, 6.07) is 8.93. The maximum atomic E-state index is 12.2. The Kier molecular flexibility index (Phi) is 4.34. The minimum Gasteiger partial charge on any atom is -0.454 e. The molecule has 0 radical (unpaired) electrons. The van der Waals surface area contributed by atoms with E-state index in [2.05, 4.69) is 0 Å². The second-order valence-corrected chi connectivity index (χ2v) is 5.30. The molecule has 0 saturated carbocycles. The zero-order valence-electron chi connectivity index (χ0n) is 13.2. The summed E-state index contributed by atoms with van der Waals surface area (Å²) < 4.78 is 15.3. The maximum Gasteiger partial charge on any atom is 0.345 e. The Morgan fingerprint density at radius 1 is 1.20 bits per heavy atom. The predicted octanol–water partition coefficient (Wildman–Crippen LogP) is 2.67. The van der Waals surface area contributed by atoms with Gasteiger partial charge in [0.15, 0.2) is 23.9 Å². The van der Waals surface area contributed by atoms with Gasteiger partial charge in [0.25, 0.3) is 5.69 Å². The van der Waals surface area contributed by atoms with E-state index in [0.717, 1.165) is 0 Å². The number of carbonyl (C=O) groups excluding carboxylic acids is 2. The number of ketones is 1. The molecule has 8 heteroatoms. The molecule has 0 unspecified atom stereocenters. The van der Waals surface area contributed by atoms with E-state index in [1.807, 2.05) is 0 Å². The summed E-state index contributed by atoms with van der Waals surface area (Å²) in [6.07, 6.45) is 0. The molecule has 0 bridgehead atoms. The second kappa shape index (κ2) is 6.60. The summed E-state index contributed by atoms with van der Waals surface area (Å²) in [4.78, 5) is 34.8. The number of ether oxygens (including phenoxy) is 3. The number of esters is 1. The van der Waals surface area contributed by atoms with Crippen molar-refractivity contribution in [1.29, 1.82) is 0 Å². The van der Waals surface area contributed by atoms with Crippen LogP contribution in [0.5, 0.6) is 11.5 Å². The van der Waals surface area contributed by atoms with Gasteiger partial charge in [-0.25, -0.2) is 4.79 Å². The van der Waals surface area contributed by atoms with E-state index in [-0.39, 0.29) is 23.6 Å². The third-order valence-corrected chi connectivity index (χ3v) is 3.67. The lowest BCUT2D eigenvalue weighted by Crippen LogP contribution is -2.15. The molecule has 0 aliphatic carbocycles. The fourth-order valence-corrected chi connectivity index (χ4v) is 2.43. The van der Waals surface area contributed by atoms with E-state index in [0.29, 0.717) is 17.1 Å². The first-order valence-electron chi connectivity index (χ1n) is 7.31. The second-order valence-electron chi connectivity index (χ2n) is 5.30. The van der Waals surface area contributed by atoms with Gasteiger partial charge in [-0.3, -0.25) is 14.9 Å². The van der Waals surface area contributed by atoms with E-state index in [1.54, 1.807) is 6.07 Å². The lowest BCUT2D eigenvalue weighted by atomic mass is 10.1. The lowest BCUT2D eigenvalue weighted by Gasteiger charge is -2.07. The molecule has 1 heterocycles. The van der Waals surface area contributed by atoms with E-state index >= 15 is 0 Å². The molecule has 8 nitrogen and oxygen atoms in total. The highest BCUT2D eigenvalue weighted by Crippen LogP contribution is 2.32. The van der Waals surface area contributed by atoms with E-state index in [1.165, 1.54) is 37.3 Å². The zero-order chi connectivity index (χ0) is 18.0. The molecule has 2 aromatic carbocycles. The zero-order valence-corrected chi connectivity index (χ0v) is 13.2. The minimum atomic E-state index is -0.926. The number of hydrogen-bond donors (Lipinski definition) is 0. The summed E-state index contributed by atoms with van der Waals surface area (Å²) >= 11 is 0. The third kappa shape index (κ3) is 3.27. The van der Waals surface area contributed by atoms with Crippen molar-refractivity contribution in [3.05, 3.63) is 63.2 Å². The van der Waals surface area contributed by atoms with Crippen LogP contribution >= 0.6 is 0 Å². The van der Waals surface area contributed by atoms with Gasteiger partial charge in [0.2, 0.25) is 6.79 Å². The first-order valence-corrected chi connectivity index (χ1v) is 7.31. The Balaban J connectivity index is 1.72. The van der Waals surface area contributed by atoms with Crippen LogP contribution in [0.25, 0.3) is 0 Å². The largest absolute Gasteiger partial charge is 0.454 e. The van der Waals surface area contributed by atoms with Gasteiger partial charge in [-0.15, -0.1) is 0 Å². The maximum absolute atomic E-state index is 12.2. The Hall–Kier alpha value is -3.42. The molecule has 0 atom stereocenters. The van der Waals surface area contributed by atoms with E-state index in [4.69, 9.17) is 14.2 Å². The fourth-order valence-electron chi connectivity index (χ4n) is 2.43. The average Bonchev–Trinajstić information content (AvgIpc) is 3.06. The summed E-state index contributed by atoms with van der Waals surface area (Å²) in [5, 5.41) is 11.1. The number of benzene rings is 2. The van der Waals surface area contributed by atoms with Crippen LogP contribution in [0.1, 0.15) is 26.3 Å². The van der Waals surface area contributed by atoms with Gasteiger partial charge in [-0.1, -0.05) is 12.1 Å². The van der Waals surface area contributed by atoms with Gasteiger partial charge >= 0.3 is 5.97 Å². The monoisotopic (exact) mass is 343 g/mol. The quantitative estimate of drug-likeness (QED) is 0.356. The van der Waals surface area contributed by atoms with E-state index in [9.17, 15) is 19.7 Å². The average molecular weight is 343 g/mol. The van der Waals surface area contributed by atoms with Gasteiger partial charge < -0.3 is 14.2 Å². The first kappa shape index (κ1) is 16.4. The van der Waals surface area contributed by atoms with Crippen LogP contribution in [0.3, 0.4) is 0 Å². The van der Waals surface area contributed by atoms with Crippen molar-refractivity contribution in [3.63, 3.8) is 0 Å². The van der Waals surface area contributed by atoms with Gasteiger partial charge in [0.1, 0.15) is 5.56 Å². The topological polar surface area (TPSA) is 105 Å². The molecule has 0 amide bonds. The molecule has 1 aliphatic rings. The first-order chi connectivity index (χ1) is 12.0. The Morgan fingerprint density at radius 2 is 1.96 bits per heavy atom. The van der Waals surface area contributed by atoms with E-state index < -0.39 is 23.3 Å². The molecular formula is C17H13NO7. The molecule has 3 rings (SSSR count). The Morgan fingerprint density at radius 3 is 2.72 bits per heavy atom. The van der Waals surface area contributed by atoms with Crippen LogP contribution in [0.15, 0.2) is 36.4 Å². The molecule has 25 heavy (non-hydrogen) atoms. The number of nitro groups is 1. The van der Waals surface area contributed by atoms with Crippen LogP contribution < -0.4 is 9.47 Å². The highest BCUT2D eigenvalue weighted by atomic mass is 16.7. The summed E-state index contributed by atoms with van der Waals surface area (Å²) in [7, 11) is 0. The highest BCUT2D eigenvalue weighted by Gasteiger charge is 2.24. The van der Waals surface area contributed by atoms with Gasteiger partial charge in [-0.05, 0) is 31.2 Å². The number of carbonyl (C=O) groups is 2. The number of rotatable bonds is 5. The van der Waals surface area contributed by atoms with Crippen molar-refractivity contribution >= 4 is 17.4 Å². The Labute approximate surface area is 142 Å². The summed E-state index contributed by atoms with van der Waals surface area (Å²) in [5.41, 5.74) is 0.101. The number of para-hydroxylation sites is 1. The highest BCUT2D eigenvalue weighted by molar-refractivity contribution is 6.00. The standard InChI is InChI=1S/C17H13NO7/c1-10-3-2-4-12(16(10)18(21)22)17(20)23-8-13(19)11-5-6-14-15(7-11)25-9-24-14/h2-7H,8-9H2,1H3. The van der Waals surface area contributed by atoms with Gasteiger partial charge in [-0.2, -0.15) is 0 Å². The fraction of sp³-hybridized carbons (Fsp3) is 0.176. The number of aryl methyl sites for hydroxylation is 1. The van der Waals surface area contributed by atoms with Crippen LogP contribution in [0.4, 0.5) is 5.69 Å². The minimum absolute atomic E-state index is 0.0823. The molecule has 0 N–H and O–H groups in total. The lowest BCUT2D eigenvalue weighted by molar-refractivity contribution is -0.385. The smallest absolute Gasteiger partial charge is 0.345 e. The normalized spacial score (nSPS) is 11.9. The molecule has 2 aromatic rings. The van der Waals surface area contributed by atoms with Crippen LogP contribution in [-0.4, -0.2) is 30.1 Å². The third-order valence-electron chi connectivity index (χ3n) is 3.67. The Bertz CT molecular complexity index is 875. The molecule has 0 fully saturated rings. The van der Waals surface area contributed by atoms with Crippen LogP contribution in [0.2, 0.25) is 0 Å². The van der Waals surface area contributed by atoms with Crippen molar-refractivity contribution in [2.75, 3.05) is 13.4 Å². The van der Waals surface area contributed by atoms with Crippen molar-refractivity contribution in [2.45, 2.75) is 6.92 Å². The number of hydrogen-bond acceptors (Lipinski definition) is 7. The van der Waals surface area contributed by atoms with Crippen LogP contribution in [0, 0.1) is 17.0 Å². The van der Waals surface area contributed by atoms with Crippen molar-refractivity contribution in [2.24, 2.45) is 0 Å². The van der Waals surface area contributed by atoms with Gasteiger partial charge in [0.05, 0.1) is 4.92 Å². The molecule has 1 aliphatic heterocycles. The molecule has 0 aromatic heterocycles. The summed E-state index contributed by atoms with van der Waals surface area (Å²) in [6.45, 7) is 1.06. The molecule has 128 valence electrons. The number of nitro benzene ring substituents is 1.